The molecule has 1 atom stereocenters. The Labute approximate surface area is 122 Å². The van der Waals surface area contributed by atoms with Crippen LogP contribution in [0.3, 0.4) is 0 Å². The van der Waals surface area contributed by atoms with E-state index < -0.39 is 0 Å². The average molecular weight is 293 g/mol. The molecule has 1 heterocycles. The Morgan fingerprint density at radius 3 is 2.67 bits per heavy atom. The van der Waals surface area contributed by atoms with Crippen molar-refractivity contribution in [2.24, 2.45) is 16.8 Å². The molecule has 1 unspecified atom stereocenters. The molecule has 1 aromatic heterocycles. The molecule has 0 saturated carbocycles. The molecular weight excluding hydrogens is 274 g/mol. The van der Waals surface area contributed by atoms with Gasteiger partial charge in [0, 0.05) is 32.4 Å². The van der Waals surface area contributed by atoms with Crippen LogP contribution in [0.5, 0.6) is 0 Å². The van der Waals surface area contributed by atoms with E-state index >= 15 is 0 Å². The lowest BCUT2D eigenvalue weighted by Crippen LogP contribution is -2.37. The highest BCUT2D eigenvalue weighted by Gasteiger charge is 2.19. The molecule has 1 rings (SSSR count). The number of nitrogens with two attached hydrogens (primary N) is 1. The number of carbonyl (C=O) groups excluding carboxylic acids is 2. The summed E-state index contributed by atoms with van der Waals surface area (Å²) in [5.74, 6) is -0.842. The summed E-state index contributed by atoms with van der Waals surface area (Å²) in [7, 11) is 3.15. The van der Waals surface area contributed by atoms with Crippen molar-refractivity contribution in [3.05, 3.63) is 29.6 Å². The van der Waals surface area contributed by atoms with E-state index in [1.807, 2.05) is 0 Å². The second-order valence-corrected chi connectivity index (χ2v) is 4.62. The van der Waals surface area contributed by atoms with Crippen molar-refractivity contribution in [3.8, 4) is 0 Å². The van der Waals surface area contributed by atoms with Crippen molar-refractivity contribution < 1.29 is 14.8 Å². The number of aromatic nitrogens is 1. The van der Waals surface area contributed by atoms with Gasteiger partial charge >= 0.3 is 0 Å². The Bertz CT molecular complexity index is 541. The molecule has 0 radical (unpaired) electrons. The number of rotatable bonds is 5. The Morgan fingerprint density at radius 1 is 1.52 bits per heavy atom. The molecule has 0 saturated heterocycles. The minimum Gasteiger partial charge on any atom is -0.409 e. The molecule has 8 nitrogen and oxygen atoms in total. The molecule has 1 aromatic rings. The fraction of sp³-hybridized carbons (Fsp3) is 0.385. The molecule has 0 bridgehead atoms. The SMILES string of the molecule is CNC(=O)C(C)CN(C)C(=O)c1ccc(/C(N)=N/O)cn1. The van der Waals surface area contributed by atoms with Crippen LogP contribution in [0, 0.1) is 5.92 Å². The summed E-state index contributed by atoms with van der Waals surface area (Å²) in [6, 6.07) is 3.02. The lowest BCUT2D eigenvalue weighted by atomic mass is 10.1. The van der Waals surface area contributed by atoms with Gasteiger partial charge in [0.1, 0.15) is 5.69 Å². The topological polar surface area (TPSA) is 121 Å². The lowest BCUT2D eigenvalue weighted by Gasteiger charge is -2.20. The number of nitrogens with zero attached hydrogens (tertiary/aromatic N) is 3. The number of amidine groups is 1. The largest absolute Gasteiger partial charge is 0.409 e. The molecule has 0 spiro atoms. The van der Waals surface area contributed by atoms with Gasteiger partial charge in [-0.3, -0.25) is 14.6 Å². The van der Waals surface area contributed by atoms with Crippen molar-refractivity contribution in [1.82, 2.24) is 15.2 Å². The number of hydrogen-bond acceptors (Lipinski definition) is 5. The molecule has 4 N–H and O–H groups in total. The second-order valence-electron chi connectivity index (χ2n) is 4.62. The van der Waals surface area contributed by atoms with Crippen LogP contribution in [0.2, 0.25) is 0 Å². The maximum absolute atomic E-state index is 12.2. The van der Waals surface area contributed by atoms with Gasteiger partial charge < -0.3 is 21.2 Å². The van der Waals surface area contributed by atoms with Gasteiger partial charge in [-0.05, 0) is 12.1 Å². The third kappa shape index (κ3) is 4.16. The summed E-state index contributed by atoms with van der Waals surface area (Å²) in [5, 5.41) is 13.9. The summed E-state index contributed by atoms with van der Waals surface area (Å²) in [6.45, 7) is 2.01. The normalized spacial score (nSPS) is 12.6. The van der Waals surface area contributed by atoms with Gasteiger partial charge in [-0.2, -0.15) is 0 Å². The average Bonchev–Trinajstić information content (AvgIpc) is 2.52. The van der Waals surface area contributed by atoms with Gasteiger partial charge in [0.05, 0.1) is 5.92 Å². The first-order valence-corrected chi connectivity index (χ1v) is 6.31. The van der Waals surface area contributed by atoms with Crippen molar-refractivity contribution >= 4 is 17.6 Å². The summed E-state index contributed by atoms with van der Waals surface area (Å²) in [6.07, 6.45) is 1.35. The van der Waals surface area contributed by atoms with Crippen LogP contribution in [0.25, 0.3) is 0 Å². The first kappa shape index (κ1) is 16.4. The number of oxime groups is 1. The Balaban J connectivity index is 2.77. The number of pyridine rings is 1. The molecule has 114 valence electrons. The van der Waals surface area contributed by atoms with Gasteiger partial charge in [-0.15, -0.1) is 0 Å². The Hall–Kier alpha value is -2.64. The summed E-state index contributed by atoms with van der Waals surface area (Å²) >= 11 is 0. The van der Waals surface area contributed by atoms with Crippen LogP contribution in [0.15, 0.2) is 23.5 Å². The lowest BCUT2D eigenvalue weighted by molar-refractivity contribution is -0.124. The predicted molar refractivity (Wildman–Crippen MR) is 76.9 cm³/mol. The first-order chi connectivity index (χ1) is 9.90. The van der Waals surface area contributed by atoms with Gasteiger partial charge in [-0.25, -0.2) is 0 Å². The van der Waals surface area contributed by atoms with E-state index in [9.17, 15) is 9.59 Å². The predicted octanol–water partition coefficient (Wildman–Crippen LogP) is -0.370. The molecule has 8 heteroatoms. The Morgan fingerprint density at radius 2 is 2.19 bits per heavy atom. The molecule has 21 heavy (non-hydrogen) atoms. The second kappa shape index (κ2) is 7.22. The van der Waals surface area contributed by atoms with Crippen LogP contribution < -0.4 is 11.1 Å². The highest BCUT2D eigenvalue weighted by Crippen LogP contribution is 2.06. The zero-order valence-electron chi connectivity index (χ0n) is 12.2. The summed E-state index contributed by atoms with van der Waals surface area (Å²) < 4.78 is 0. The molecule has 0 aromatic carbocycles. The van der Waals surface area contributed by atoms with Crippen molar-refractivity contribution in [1.29, 1.82) is 0 Å². The molecule has 2 amide bonds. The number of carbonyl (C=O) groups is 2. The quantitative estimate of drug-likeness (QED) is 0.296. The maximum Gasteiger partial charge on any atom is 0.272 e. The number of amides is 2. The molecule has 0 aliphatic rings. The smallest absolute Gasteiger partial charge is 0.272 e. The van der Waals surface area contributed by atoms with E-state index in [-0.39, 0.29) is 35.8 Å². The standard InChI is InChI=1S/C13H19N5O3/c1-8(12(19)15-2)7-18(3)13(20)10-5-4-9(6-16-10)11(14)17-21/h4-6,8,21H,7H2,1-3H3,(H2,14,17)(H,15,19). The van der Waals surface area contributed by atoms with Gasteiger partial charge in [0.2, 0.25) is 5.91 Å². The highest BCUT2D eigenvalue weighted by molar-refractivity contribution is 5.98. The van der Waals surface area contributed by atoms with Crippen LogP contribution in [0.4, 0.5) is 0 Å². The van der Waals surface area contributed by atoms with Gasteiger partial charge in [0.25, 0.3) is 5.91 Å². The van der Waals surface area contributed by atoms with Crippen molar-refractivity contribution in [2.45, 2.75) is 6.92 Å². The van der Waals surface area contributed by atoms with Crippen LogP contribution in [-0.4, -0.2) is 53.4 Å². The fourth-order valence-corrected chi connectivity index (χ4v) is 1.75. The van der Waals surface area contributed by atoms with E-state index in [0.29, 0.717) is 5.56 Å². The van der Waals surface area contributed by atoms with Crippen LogP contribution >= 0.6 is 0 Å². The number of hydrogen-bond donors (Lipinski definition) is 3. The van der Waals surface area contributed by atoms with Crippen LogP contribution in [-0.2, 0) is 4.79 Å². The van der Waals surface area contributed by atoms with E-state index in [4.69, 9.17) is 10.9 Å². The minimum atomic E-state index is -0.319. The summed E-state index contributed by atoms with van der Waals surface area (Å²) in [4.78, 5) is 29.0. The fourth-order valence-electron chi connectivity index (χ4n) is 1.75. The van der Waals surface area contributed by atoms with E-state index in [2.05, 4.69) is 15.5 Å². The first-order valence-electron chi connectivity index (χ1n) is 6.31. The molecular formula is C13H19N5O3. The van der Waals surface area contributed by atoms with E-state index in [1.54, 1.807) is 21.0 Å². The summed E-state index contributed by atoms with van der Waals surface area (Å²) in [5.41, 5.74) is 6.05. The third-order valence-corrected chi connectivity index (χ3v) is 2.97. The molecule has 0 aliphatic carbocycles. The minimum absolute atomic E-state index is 0.0805. The molecule has 0 aliphatic heterocycles. The molecule has 0 fully saturated rings. The van der Waals surface area contributed by atoms with Gasteiger partial charge in [-0.1, -0.05) is 12.1 Å². The van der Waals surface area contributed by atoms with E-state index in [0.717, 1.165) is 0 Å². The highest BCUT2D eigenvalue weighted by atomic mass is 16.4. The number of nitrogens with one attached hydrogen (secondary N) is 1. The maximum atomic E-state index is 12.2. The van der Waals surface area contributed by atoms with Crippen molar-refractivity contribution in [3.63, 3.8) is 0 Å². The third-order valence-electron chi connectivity index (χ3n) is 2.97. The monoisotopic (exact) mass is 293 g/mol. The zero-order chi connectivity index (χ0) is 16.0. The van der Waals surface area contributed by atoms with Crippen LogP contribution in [0.1, 0.15) is 23.0 Å². The van der Waals surface area contributed by atoms with Crippen molar-refractivity contribution in [2.75, 3.05) is 20.6 Å². The zero-order valence-corrected chi connectivity index (χ0v) is 12.2. The Kier molecular flexibility index (Phi) is 5.65. The van der Waals surface area contributed by atoms with E-state index in [1.165, 1.54) is 23.2 Å². The van der Waals surface area contributed by atoms with Gasteiger partial charge in [0.15, 0.2) is 5.84 Å².